The molecule has 0 aliphatic heterocycles. The van der Waals surface area contributed by atoms with Crippen LogP contribution < -0.4 is 22.5 Å². The van der Waals surface area contributed by atoms with Crippen LogP contribution in [0.2, 0.25) is 0 Å². The van der Waals surface area contributed by atoms with Crippen LogP contribution in [-0.4, -0.2) is 55.0 Å². The Morgan fingerprint density at radius 2 is 1.17 bits per heavy atom. The van der Waals surface area contributed by atoms with Crippen LogP contribution in [0.4, 0.5) is 0 Å². The average molecular weight is 453 g/mol. The van der Waals surface area contributed by atoms with E-state index in [2.05, 4.69) is 24.5 Å². The number of unbranched alkanes of at least 4 members (excludes halogenated alkanes) is 2. The lowest BCUT2D eigenvalue weighted by atomic mass is 10.1. The second kappa shape index (κ2) is 70.6. The second-order valence-corrected chi connectivity index (χ2v) is 5.17. The van der Waals surface area contributed by atoms with Crippen molar-refractivity contribution >= 4 is 6.29 Å². The van der Waals surface area contributed by atoms with Crippen molar-refractivity contribution < 1.29 is 20.8 Å². The Morgan fingerprint density at radius 3 is 1.40 bits per heavy atom. The van der Waals surface area contributed by atoms with Gasteiger partial charge in [0.15, 0.2) is 0 Å². The Bertz CT molecular complexity index is 212. The molecule has 0 spiro atoms. The van der Waals surface area contributed by atoms with Crippen molar-refractivity contribution in [1.82, 2.24) is 16.8 Å². The molecule has 0 fully saturated rings. The first-order valence-electron chi connectivity index (χ1n) is 8.54. The molecule has 10 nitrogen and oxygen atoms in total. The predicted molar refractivity (Wildman–Crippen MR) is 137 cm³/mol. The van der Waals surface area contributed by atoms with Crippen LogP contribution in [0.25, 0.3) is 0 Å². The van der Waals surface area contributed by atoms with Gasteiger partial charge in [0.25, 0.3) is 0 Å². The van der Waals surface area contributed by atoms with E-state index in [1.54, 1.807) is 0 Å². The zero-order chi connectivity index (χ0) is 19.6. The van der Waals surface area contributed by atoms with Gasteiger partial charge in [0.1, 0.15) is 6.29 Å². The maximum absolute atomic E-state index is 9.94. The van der Waals surface area contributed by atoms with Crippen LogP contribution in [0.1, 0.15) is 94.9 Å². The number of hydrogen-bond donors (Lipinski definition) is 6. The normalized spacial score (nSPS) is 9.17. The topological polar surface area (TPSA) is 208 Å². The van der Waals surface area contributed by atoms with Crippen LogP contribution in [0.15, 0.2) is 0 Å². The van der Waals surface area contributed by atoms with Crippen molar-refractivity contribution in [2.75, 3.05) is 20.6 Å². The zero-order valence-corrected chi connectivity index (χ0v) is 17.0. The van der Waals surface area contributed by atoms with E-state index in [4.69, 9.17) is 26.2 Å². The lowest BCUT2D eigenvalue weighted by Crippen LogP contribution is -2.24. The average Bonchev–Trinajstić information content (AvgIpc) is 2.66. The molecule has 30 heavy (non-hydrogen) atoms. The minimum absolute atomic E-state index is 0. The van der Waals surface area contributed by atoms with E-state index in [0.717, 1.165) is 38.5 Å². The van der Waals surface area contributed by atoms with E-state index < -0.39 is 0 Å². The Hall–Kier alpha value is -1.01. The van der Waals surface area contributed by atoms with Gasteiger partial charge in [-0.1, -0.05) is 50.0 Å². The van der Waals surface area contributed by atoms with Crippen molar-refractivity contribution in [1.29, 1.82) is 0 Å². The quantitative estimate of drug-likeness (QED) is 0.107. The number of carbonyl (C=O) groups is 1. The van der Waals surface area contributed by atoms with Crippen molar-refractivity contribution in [3.8, 4) is 0 Å². The summed E-state index contributed by atoms with van der Waals surface area (Å²) >= 11 is 0. The van der Waals surface area contributed by atoms with Crippen molar-refractivity contribution in [3.63, 3.8) is 0 Å². The van der Waals surface area contributed by atoms with Crippen molar-refractivity contribution in [2.45, 2.75) is 107 Å². The molecule has 2 atom stereocenters. The molecule has 0 amide bonds. The van der Waals surface area contributed by atoms with E-state index in [1.807, 2.05) is 14.1 Å². The van der Waals surface area contributed by atoms with Gasteiger partial charge >= 0.3 is 0 Å². The van der Waals surface area contributed by atoms with E-state index in [9.17, 15) is 4.79 Å². The first-order valence-corrected chi connectivity index (χ1v) is 8.54. The summed E-state index contributed by atoms with van der Waals surface area (Å²) in [6.07, 6.45) is 9.89. The summed E-state index contributed by atoms with van der Waals surface area (Å²) in [5.74, 6) is 0. The molecule has 196 valence electrons. The number of rotatable bonds is 12. The van der Waals surface area contributed by atoms with E-state index in [0.29, 0.717) is 18.5 Å². The molecule has 2 unspecified atom stereocenters. The summed E-state index contributed by atoms with van der Waals surface area (Å²) in [6, 6.07) is 1.30. The van der Waals surface area contributed by atoms with Gasteiger partial charge in [-0.05, 0) is 59.2 Å². The number of carbonyl (C=O) groups excluding carboxylic acids is 1. The molecule has 0 bridgehead atoms. The summed E-state index contributed by atoms with van der Waals surface area (Å²) in [7, 11) is 3.99. The fraction of sp³-hybridized carbons (Fsp3) is 0.950. The lowest BCUT2D eigenvalue weighted by molar-refractivity contribution is -0.176. The molecule has 0 rings (SSSR count). The maximum atomic E-state index is 9.94. The van der Waals surface area contributed by atoms with Gasteiger partial charge in [-0.25, -0.2) is 0 Å². The summed E-state index contributed by atoms with van der Waals surface area (Å²) in [5, 5.41) is 18.5. The molecule has 0 aromatic rings. The zero-order valence-electron chi connectivity index (χ0n) is 17.0. The van der Waals surface area contributed by atoms with Crippen LogP contribution in [0.3, 0.4) is 0 Å². The Balaban J connectivity index is -0.0000000243. The van der Waals surface area contributed by atoms with Gasteiger partial charge in [-0.3, -0.25) is 10.5 Å². The highest BCUT2D eigenvalue weighted by Gasteiger charge is 2.00. The first-order chi connectivity index (χ1) is 11.7. The Kier molecular flexibility index (Phi) is 148. The molecule has 0 saturated heterocycles. The summed E-state index contributed by atoms with van der Waals surface area (Å²) in [4.78, 5) is 23.9. The minimum atomic E-state index is 0. The van der Waals surface area contributed by atoms with Crippen LogP contribution in [-0.2, 0) is 4.79 Å². The molecule has 10 heteroatoms. The third-order valence-electron chi connectivity index (χ3n) is 3.68. The van der Waals surface area contributed by atoms with Gasteiger partial charge in [0.2, 0.25) is 0 Å². The number of hydrogen-bond acceptors (Lipinski definition) is 9. The van der Waals surface area contributed by atoms with Crippen LogP contribution >= 0.6 is 0 Å². The fourth-order valence-electron chi connectivity index (χ4n) is 2.09. The molecule has 0 heterocycles. The fourth-order valence-corrected chi connectivity index (χ4v) is 2.09. The highest BCUT2D eigenvalue weighted by atomic mass is 17.0. The monoisotopic (exact) mass is 452 g/mol. The minimum Gasteiger partial charge on any atom is -0.412 e. The van der Waals surface area contributed by atoms with E-state index >= 15 is 0 Å². The molecule has 0 aliphatic carbocycles. The smallest absolute Gasteiger partial charge is 0.119 e. The predicted octanol–water partition coefficient (Wildman–Crippen LogP) is 4.43. The SMILES string of the molecule is C.C.C.C.CCC(CCCC=O)NC.CCC(CCCCN)NC.N.O.O=O.OO. The Morgan fingerprint density at radius 1 is 0.833 bits per heavy atom. The highest BCUT2D eigenvalue weighted by Crippen LogP contribution is 2.02. The van der Waals surface area contributed by atoms with E-state index in [1.165, 1.54) is 19.3 Å². The summed E-state index contributed by atoms with van der Waals surface area (Å²) in [6.45, 7) is 5.20. The van der Waals surface area contributed by atoms with Crippen LogP contribution in [0.5, 0.6) is 0 Å². The lowest BCUT2D eigenvalue weighted by Gasteiger charge is -2.12. The third kappa shape index (κ3) is 63.2. The number of aldehydes is 1. The molecular weight excluding hydrogens is 392 g/mol. The van der Waals surface area contributed by atoms with Gasteiger partial charge < -0.3 is 32.8 Å². The van der Waals surface area contributed by atoms with Gasteiger partial charge in [-0.15, -0.1) is 0 Å². The third-order valence-corrected chi connectivity index (χ3v) is 3.68. The van der Waals surface area contributed by atoms with Gasteiger partial charge in [0, 0.05) is 28.4 Å². The number of nitrogens with two attached hydrogens (primary N) is 1. The summed E-state index contributed by atoms with van der Waals surface area (Å²) in [5.41, 5.74) is 5.38. The Labute approximate surface area is 187 Å². The number of nitrogens with one attached hydrogen (secondary N) is 2. The molecule has 0 aliphatic rings. The molecule has 11 N–H and O–H groups in total. The highest BCUT2D eigenvalue weighted by molar-refractivity contribution is 5.48. The molecule has 0 saturated carbocycles. The molecule has 0 radical (unpaired) electrons. The molecular formula is C20H60N4O6. The van der Waals surface area contributed by atoms with Crippen molar-refractivity contribution in [3.05, 3.63) is 9.93 Å². The first kappa shape index (κ1) is 63.0. The maximum Gasteiger partial charge on any atom is 0.119 e. The van der Waals surface area contributed by atoms with E-state index in [-0.39, 0.29) is 41.3 Å². The van der Waals surface area contributed by atoms with Gasteiger partial charge in [-0.2, -0.15) is 0 Å². The summed E-state index contributed by atoms with van der Waals surface area (Å²) < 4.78 is 0. The molecule has 0 aromatic carbocycles. The van der Waals surface area contributed by atoms with Gasteiger partial charge in [0.05, 0.1) is 0 Å². The van der Waals surface area contributed by atoms with Crippen LogP contribution in [0, 0.1) is 9.93 Å². The van der Waals surface area contributed by atoms with Crippen molar-refractivity contribution in [2.24, 2.45) is 5.73 Å². The second-order valence-electron chi connectivity index (χ2n) is 5.17. The molecule has 0 aromatic heterocycles. The largest absolute Gasteiger partial charge is 0.412 e. The standard InChI is InChI=1S/C8H20N2.C8H17NO.4CH4.H3N.H2O2.O2.H2O/c1-3-8(10-2)6-4-5-7-9;1-3-8(9-2)6-4-5-7-10;;;;;;2*1-2;/h8,10H,3-7,9H2,1-2H3;7-9H,3-6H2,1-2H3;4*1H4;1H3;1-2H;;1H2.